The van der Waals surface area contributed by atoms with Gasteiger partial charge in [0.05, 0.1) is 18.7 Å². The van der Waals surface area contributed by atoms with E-state index in [2.05, 4.69) is 17.2 Å². The first-order chi connectivity index (χ1) is 11.5. The molecule has 1 atom stereocenters. The zero-order valence-electron chi connectivity index (χ0n) is 14.0. The molecule has 0 fully saturated rings. The molecule has 0 saturated carbocycles. The van der Waals surface area contributed by atoms with Gasteiger partial charge in [-0.2, -0.15) is 0 Å². The summed E-state index contributed by atoms with van der Waals surface area (Å²) < 4.78 is 4.78. The third kappa shape index (κ3) is 4.75. The Balaban J connectivity index is 2.04. The number of esters is 1. The molecule has 6 nitrogen and oxygen atoms in total. The van der Waals surface area contributed by atoms with Crippen molar-refractivity contribution >= 4 is 23.5 Å². The minimum Gasteiger partial charge on any atom is -0.466 e. The second-order valence-electron chi connectivity index (χ2n) is 5.63. The Morgan fingerprint density at radius 1 is 1.25 bits per heavy atom. The predicted octanol–water partition coefficient (Wildman–Crippen LogP) is 2.22. The van der Waals surface area contributed by atoms with Crippen LogP contribution in [-0.2, 0) is 19.1 Å². The number of amides is 2. The summed E-state index contributed by atoms with van der Waals surface area (Å²) in [6, 6.07) is 0. The number of carbonyl (C=O) groups is 3. The van der Waals surface area contributed by atoms with Crippen LogP contribution in [0.4, 0.5) is 0 Å². The molecule has 0 bridgehead atoms. The monoisotopic (exact) mass is 330 g/mol. The number of carbonyl (C=O) groups excluding carboxylic acids is 3. The molecule has 1 N–H and O–H groups in total. The molecule has 1 aliphatic heterocycles. The third-order valence-corrected chi connectivity index (χ3v) is 3.72. The number of ether oxygens (including phenoxy) is 1. The maximum atomic E-state index is 11.9. The minimum absolute atomic E-state index is 0.0100. The molecular formula is C18H22N2O4. The number of rotatable bonds is 6. The predicted molar refractivity (Wildman–Crippen MR) is 90.2 cm³/mol. The van der Waals surface area contributed by atoms with Crippen molar-refractivity contribution in [2.45, 2.75) is 39.5 Å². The van der Waals surface area contributed by atoms with Crippen LogP contribution in [0.3, 0.4) is 0 Å². The first kappa shape index (κ1) is 17.8. The number of aliphatic imine (C=N–C) groups is 1. The average Bonchev–Trinajstić information content (AvgIpc) is 2.53. The van der Waals surface area contributed by atoms with Crippen molar-refractivity contribution in [3.8, 4) is 0 Å². The first-order valence-electron chi connectivity index (χ1n) is 8.21. The van der Waals surface area contributed by atoms with E-state index in [9.17, 15) is 14.4 Å². The molecule has 1 aliphatic carbocycles. The lowest BCUT2D eigenvalue weighted by Gasteiger charge is -2.27. The van der Waals surface area contributed by atoms with Crippen molar-refractivity contribution in [3.05, 3.63) is 35.6 Å². The second kappa shape index (κ2) is 8.38. The fourth-order valence-electron chi connectivity index (χ4n) is 2.70. The molecule has 2 amide bonds. The molecule has 24 heavy (non-hydrogen) atoms. The SMILES string of the molecule is CCCC1=CC(=O)NC2=CC(=NC(=O)CCC(=O)OCC)C=CC12. The Morgan fingerprint density at radius 3 is 2.75 bits per heavy atom. The van der Waals surface area contributed by atoms with Gasteiger partial charge in [-0.25, -0.2) is 4.99 Å². The second-order valence-corrected chi connectivity index (χ2v) is 5.63. The van der Waals surface area contributed by atoms with Gasteiger partial charge in [0.15, 0.2) is 0 Å². The van der Waals surface area contributed by atoms with Crippen LogP contribution in [0, 0.1) is 5.92 Å². The standard InChI is InChI=1S/C18H22N2O4/c1-3-5-12-10-17(22)20-15-11-13(6-7-14(12)15)19-16(21)8-9-18(23)24-4-2/h6-7,10-11,14H,3-5,8-9H2,1-2H3,(H,20,22). The van der Waals surface area contributed by atoms with Gasteiger partial charge in [-0.05, 0) is 25.5 Å². The lowest BCUT2D eigenvalue weighted by molar-refractivity contribution is -0.144. The van der Waals surface area contributed by atoms with E-state index in [1.165, 1.54) is 0 Å². The van der Waals surface area contributed by atoms with E-state index in [-0.39, 0.29) is 30.6 Å². The molecule has 6 heteroatoms. The van der Waals surface area contributed by atoms with Crippen LogP contribution in [0.25, 0.3) is 0 Å². The lowest BCUT2D eigenvalue weighted by atomic mass is 9.85. The van der Waals surface area contributed by atoms with Gasteiger partial charge in [0.1, 0.15) is 0 Å². The molecule has 2 rings (SSSR count). The van der Waals surface area contributed by atoms with Gasteiger partial charge in [0.2, 0.25) is 11.8 Å². The fourth-order valence-corrected chi connectivity index (χ4v) is 2.70. The van der Waals surface area contributed by atoms with E-state index in [1.54, 1.807) is 25.2 Å². The maximum Gasteiger partial charge on any atom is 0.306 e. The highest BCUT2D eigenvalue weighted by Crippen LogP contribution is 2.29. The zero-order chi connectivity index (χ0) is 17.5. The first-order valence-corrected chi connectivity index (χ1v) is 8.21. The van der Waals surface area contributed by atoms with Gasteiger partial charge in [-0.15, -0.1) is 0 Å². The number of nitrogens with zero attached hydrogens (tertiary/aromatic N) is 1. The van der Waals surface area contributed by atoms with Crippen molar-refractivity contribution in [2.24, 2.45) is 10.9 Å². The topological polar surface area (TPSA) is 84.8 Å². The number of hydrogen-bond donors (Lipinski definition) is 1. The number of allylic oxidation sites excluding steroid dienone is 3. The van der Waals surface area contributed by atoms with Crippen LogP contribution < -0.4 is 5.32 Å². The molecule has 1 unspecified atom stereocenters. The number of hydrogen-bond acceptors (Lipinski definition) is 4. The molecule has 1 heterocycles. The smallest absolute Gasteiger partial charge is 0.306 e. The highest BCUT2D eigenvalue weighted by atomic mass is 16.5. The third-order valence-electron chi connectivity index (χ3n) is 3.72. The highest BCUT2D eigenvalue weighted by Gasteiger charge is 2.25. The Morgan fingerprint density at radius 2 is 2.04 bits per heavy atom. The van der Waals surface area contributed by atoms with Crippen molar-refractivity contribution in [1.29, 1.82) is 0 Å². The average molecular weight is 330 g/mol. The van der Waals surface area contributed by atoms with Crippen molar-refractivity contribution in [1.82, 2.24) is 5.32 Å². The summed E-state index contributed by atoms with van der Waals surface area (Å²) in [6.07, 6.45) is 8.92. The molecule has 0 saturated heterocycles. The van der Waals surface area contributed by atoms with Crippen molar-refractivity contribution in [3.63, 3.8) is 0 Å². The summed E-state index contributed by atoms with van der Waals surface area (Å²) in [6.45, 7) is 4.08. The van der Waals surface area contributed by atoms with E-state index >= 15 is 0 Å². The summed E-state index contributed by atoms with van der Waals surface area (Å²) >= 11 is 0. The Kier molecular flexibility index (Phi) is 6.23. The molecular weight excluding hydrogens is 308 g/mol. The van der Waals surface area contributed by atoms with Gasteiger partial charge in [-0.1, -0.05) is 25.0 Å². The van der Waals surface area contributed by atoms with Crippen LogP contribution in [-0.4, -0.2) is 30.1 Å². The highest BCUT2D eigenvalue weighted by molar-refractivity contribution is 6.11. The summed E-state index contributed by atoms with van der Waals surface area (Å²) in [5.74, 6) is -0.900. The molecule has 2 aliphatic rings. The Hall–Kier alpha value is -2.50. The van der Waals surface area contributed by atoms with Crippen LogP contribution >= 0.6 is 0 Å². The Labute approximate surface area is 141 Å². The molecule has 0 radical (unpaired) electrons. The lowest BCUT2D eigenvalue weighted by Crippen LogP contribution is -2.33. The molecule has 0 aromatic heterocycles. The van der Waals surface area contributed by atoms with Crippen LogP contribution in [0.2, 0.25) is 0 Å². The van der Waals surface area contributed by atoms with Crippen LogP contribution in [0.1, 0.15) is 39.5 Å². The molecule has 0 aromatic carbocycles. The van der Waals surface area contributed by atoms with Gasteiger partial charge in [0.25, 0.3) is 0 Å². The summed E-state index contributed by atoms with van der Waals surface area (Å²) in [5, 5.41) is 2.81. The maximum absolute atomic E-state index is 11.9. The summed E-state index contributed by atoms with van der Waals surface area (Å²) in [5.41, 5.74) is 2.29. The van der Waals surface area contributed by atoms with Gasteiger partial charge in [0, 0.05) is 24.1 Å². The largest absolute Gasteiger partial charge is 0.466 e. The van der Waals surface area contributed by atoms with Crippen LogP contribution in [0.15, 0.2) is 40.6 Å². The van der Waals surface area contributed by atoms with Gasteiger partial charge >= 0.3 is 5.97 Å². The van der Waals surface area contributed by atoms with E-state index in [1.807, 2.05) is 6.08 Å². The van der Waals surface area contributed by atoms with E-state index in [4.69, 9.17) is 4.74 Å². The molecule has 128 valence electrons. The summed E-state index contributed by atoms with van der Waals surface area (Å²) in [7, 11) is 0. The fraction of sp³-hybridized carbons (Fsp3) is 0.444. The number of fused-ring (bicyclic) bond motifs is 1. The van der Waals surface area contributed by atoms with E-state index < -0.39 is 5.97 Å². The number of nitrogens with one attached hydrogen (secondary N) is 1. The van der Waals surface area contributed by atoms with Gasteiger partial charge < -0.3 is 10.1 Å². The molecule has 0 aromatic rings. The molecule has 0 spiro atoms. The Bertz CT molecular complexity index is 656. The van der Waals surface area contributed by atoms with Crippen molar-refractivity contribution < 1.29 is 19.1 Å². The minimum atomic E-state index is -0.405. The van der Waals surface area contributed by atoms with Crippen molar-refractivity contribution in [2.75, 3.05) is 6.61 Å². The quantitative estimate of drug-likeness (QED) is 0.757. The van der Waals surface area contributed by atoms with Crippen LogP contribution in [0.5, 0.6) is 0 Å². The normalized spacial score (nSPS) is 20.8. The zero-order valence-corrected chi connectivity index (χ0v) is 14.0. The summed E-state index contributed by atoms with van der Waals surface area (Å²) in [4.78, 5) is 38.9. The van der Waals surface area contributed by atoms with E-state index in [0.717, 1.165) is 24.1 Å². The van der Waals surface area contributed by atoms with E-state index in [0.29, 0.717) is 12.3 Å². The van der Waals surface area contributed by atoms with Gasteiger partial charge in [-0.3, -0.25) is 14.4 Å².